The number of aliphatic hydroxyl groups is 1. The summed E-state index contributed by atoms with van der Waals surface area (Å²) < 4.78 is 5.32. The number of rotatable bonds is 9. The number of hydrogen-bond donors (Lipinski definition) is 4. The van der Waals surface area contributed by atoms with E-state index in [0.717, 1.165) is 32.2 Å². The Morgan fingerprint density at radius 1 is 1.25 bits per heavy atom. The van der Waals surface area contributed by atoms with Gasteiger partial charge >= 0.3 is 12.0 Å². The lowest BCUT2D eigenvalue weighted by Crippen LogP contribution is -2.41. The van der Waals surface area contributed by atoms with Gasteiger partial charge in [-0.15, -0.1) is 12.4 Å². The van der Waals surface area contributed by atoms with Gasteiger partial charge in [-0.1, -0.05) is 13.8 Å². The van der Waals surface area contributed by atoms with Crippen molar-refractivity contribution in [1.29, 1.82) is 0 Å². The van der Waals surface area contributed by atoms with Crippen LogP contribution < -0.4 is 16.0 Å². The van der Waals surface area contributed by atoms with Gasteiger partial charge in [-0.25, -0.2) is 9.59 Å². The molecule has 158 valence electrons. The van der Waals surface area contributed by atoms with Gasteiger partial charge in [0.25, 0.3) is 0 Å². The van der Waals surface area contributed by atoms with E-state index in [-0.39, 0.29) is 42.5 Å². The first-order chi connectivity index (χ1) is 13.0. The van der Waals surface area contributed by atoms with Crippen LogP contribution in [0.3, 0.4) is 0 Å². The normalized spacial score (nSPS) is 16.2. The highest BCUT2D eigenvalue weighted by Gasteiger charge is 2.25. The lowest BCUT2D eigenvalue weighted by molar-refractivity contribution is 0.0473. The van der Waals surface area contributed by atoms with Gasteiger partial charge in [-0.05, 0) is 56.5 Å². The highest BCUT2D eigenvalue weighted by molar-refractivity contribution is 5.92. The Morgan fingerprint density at radius 2 is 1.93 bits per heavy atom. The van der Waals surface area contributed by atoms with E-state index in [0.29, 0.717) is 24.4 Å². The summed E-state index contributed by atoms with van der Waals surface area (Å²) >= 11 is 0. The van der Waals surface area contributed by atoms with E-state index in [1.807, 2.05) is 13.8 Å². The first-order valence-electron chi connectivity index (χ1n) is 9.68. The third-order valence-corrected chi connectivity index (χ3v) is 5.42. The molecule has 2 amide bonds. The number of carbonyl (C=O) groups excluding carboxylic acids is 2. The molecular formula is C20H32ClN3O4. The Kier molecular flexibility index (Phi) is 10.3. The molecule has 4 N–H and O–H groups in total. The summed E-state index contributed by atoms with van der Waals surface area (Å²) in [7, 11) is 0. The standard InChI is InChI=1S/C20H31N3O4.ClH/c1-3-20(4-2,14-24)13-22-19(26)23-16-9-7-15(8-10-16)18(25)27-12-17-6-5-11-21-17;/h7-10,17,21,24H,3-6,11-14H2,1-2H3,(H2,22,23,26);1H. The Hall–Kier alpha value is -1.83. The number of esters is 1. The largest absolute Gasteiger partial charge is 0.460 e. The number of urea groups is 1. The molecule has 1 saturated heterocycles. The molecule has 0 aromatic heterocycles. The van der Waals surface area contributed by atoms with Crippen LogP contribution in [0.4, 0.5) is 10.5 Å². The zero-order chi connectivity index (χ0) is 19.7. The van der Waals surface area contributed by atoms with Gasteiger partial charge in [-0.2, -0.15) is 0 Å². The van der Waals surface area contributed by atoms with Crippen molar-refractivity contribution in [1.82, 2.24) is 10.6 Å². The SMILES string of the molecule is CCC(CC)(CO)CNC(=O)Nc1ccc(C(=O)OCC2CCCN2)cc1.Cl. The molecule has 1 aliphatic rings. The van der Waals surface area contributed by atoms with Crippen molar-refractivity contribution in [3.8, 4) is 0 Å². The fourth-order valence-corrected chi connectivity index (χ4v) is 3.07. The lowest BCUT2D eigenvalue weighted by Gasteiger charge is -2.29. The number of ether oxygens (including phenoxy) is 1. The van der Waals surface area contributed by atoms with E-state index in [2.05, 4.69) is 16.0 Å². The van der Waals surface area contributed by atoms with Crippen LogP contribution in [-0.4, -0.2) is 49.5 Å². The highest BCUT2D eigenvalue weighted by atomic mass is 35.5. The minimum absolute atomic E-state index is 0. The van der Waals surface area contributed by atoms with E-state index < -0.39 is 0 Å². The van der Waals surface area contributed by atoms with Crippen molar-refractivity contribution in [3.63, 3.8) is 0 Å². The molecule has 0 radical (unpaired) electrons. The number of aliphatic hydroxyl groups excluding tert-OH is 1. The van der Waals surface area contributed by atoms with Crippen LogP contribution in [0, 0.1) is 5.41 Å². The van der Waals surface area contributed by atoms with Gasteiger partial charge < -0.3 is 25.8 Å². The zero-order valence-corrected chi connectivity index (χ0v) is 17.4. The molecule has 1 heterocycles. The Morgan fingerprint density at radius 3 is 2.46 bits per heavy atom. The summed E-state index contributed by atoms with van der Waals surface area (Å²) in [6.45, 7) is 5.79. The van der Waals surface area contributed by atoms with Gasteiger partial charge in [0.05, 0.1) is 12.2 Å². The quantitative estimate of drug-likeness (QED) is 0.466. The van der Waals surface area contributed by atoms with E-state index in [1.54, 1.807) is 24.3 Å². The number of amides is 2. The van der Waals surface area contributed by atoms with Crippen LogP contribution >= 0.6 is 12.4 Å². The van der Waals surface area contributed by atoms with Gasteiger partial charge in [0.1, 0.15) is 6.61 Å². The summed E-state index contributed by atoms with van der Waals surface area (Å²) in [5.41, 5.74) is 0.749. The maximum absolute atomic E-state index is 12.1. The van der Waals surface area contributed by atoms with Gasteiger partial charge in [0.15, 0.2) is 0 Å². The molecule has 0 bridgehead atoms. The second kappa shape index (κ2) is 11.9. The molecule has 1 unspecified atom stereocenters. The van der Waals surface area contributed by atoms with E-state index >= 15 is 0 Å². The van der Waals surface area contributed by atoms with Crippen LogP contribution in [0.2, 0.25) is 0 Å². The summed E-state index contributed by atoms with van der Waals surface area (Å²) in [6, 6.07) is 6.52. The highest BCUT2D eigenvalue weighted by Crippen LogP contribution is 2.24. The smallest absolute Gasteiger partial charge is 0.338 e. The minimum Gasteiger partial charge on any atom is -0.460 e. The van der Waals surface area contributed by atoms with Crippen LogP contribution in [0.25, 0.3) is 0 Å². The first kappa shape index (κ1) is 24.2. The second-order valence-electron chi connectivity index (χ2n) is 7.14. The first-order valence-corrected chi connectivity index (χ1v) is 9.68. The molecular weight excluding hydrogens is 382 g/mol. The second-order valence-corrected chi connectivity index (χ2v) is 7.14. The number of anilines is 1. The number of halogens is 1. The minimum atomic E-state index is -0.363. The van der Waals surface area contributed by atoms with Crippen molar-refractivity contribution in [2.75, 3.05) is 31.6 Å². The molecule has 7 nitrogen and oxygen atoms in total. The van der Waals surface area contributed by atoms with Crippen molar-refractivity contribution in [2.45, 2.75) is 45.6 Å². The van der Waals surface area contributed by atoms with Crippen LogP contribution in [0.5, 0.6) is 0 Å². The Balaban J connectivity index is 0.00000392. The molecule has 8 heteroatoms. The molecule has 1 aliphatic heterocycles. The fraction of sp³-hybridized carbons (Fsp3) is 0.600. The molecule has 1 aromatic rings. The molecule has 0 spiro atoms. The van der Waals surface area contributed by atoms with Crippen molar-refractivity contribution >= 4 is 30.1 Å². The van der Waals surface area contributed by atoms with E-state index in [9.17, 15) is 14.7 Å². The van der Waals surface area contributed by atoms with Gasteiger partial charge in [0, 0.05) is 23.7 Å². The predicted molar refractivity (Wildman–Crippen MR) is 112 cm³/mol. The van der Waals surface area contributed by atoms with E-state index in [4.69, 9.17) is 4.74 Å². The number of nitrogens with one attached hydrogen (secondary N) is 3. The van der Waals surface area contributed by atoms with Crippen molar-refractivity contribution in [2.24, 2.45) is 5.41 Å². The topological polar surface area (TPSA) is 99.7 Å². The average Bonchev–Trinajstić information content (AvgIpc) is 3.22. The molecule has 2 rings (SSSR count). The van der Waals surface area contributed by atoms with Crippen LogP contribution in [0.1, 0.15) is 49.9 Å². The molecule has 1 fully saturated rings. The molecule has 0 saturated carbocycles. The molecule has 1 atom stereocenters. The van der Waals surface area contributed by atoms with Crippen molar-refractivity contribution in [3.05, 3.63) is 29.8 Å². The molecule has 1 aromatic carbocycles. The lowest BCUT2D eigenvalue weighted by atomic mass is 9.83. The Bertz CT molecular complexity index is 606. The summed E-state index contributed by atoms with van der Waals surface area (Å²) in [5, 5.41) is 18.4. The summed E-state index contributed by atoms with van der Waals surface area (Å²) in [6.07, 6.45) is 3.71. The van der Waals surface area contributed by atoms with Crippen LogP contribution in [0.15, 0.2) is 24.3 Å². The molecule has 28 heavy (non-hydrogen) atoms. The number of benzene rings is 1. The van der Waals surface area contributed by atoms with E-state index in [1.165, 1.54) is 0 Å². The third kappa shape index (κ3) is 6.96. The van der Waals surface area contributed by atoms with Gasteiger partial charge in [0.2, 0.25) is 0 Å². The zero-order valence-electron chi connectivity index (χ0n) is 16.6. The fourth-order valence-electron chi connectivity index (χ4n) is 3.07. The average molecular weight is 414 g/mol. The predicted octanol–water partition coefficient (Wildman–Crippen LogP) is 2.94. The number of carbonyl (C=O) groups is 2. The summed E-state index contributed by atoms with van der Waals surface area (Å²) in [5.74, 6) is -0.363. The van der Waals surface area contributed by atoms with Crippen LogP contribution in [-0.2, 0) is 4.74 Å². The third-order valence-electron chi connectivity index (χ3n) is 5.42. The maximum atomic E-state index is 12.1. The summed E-state index contributed by atoms with van der Waals surface area (Å²) in [4.78, 5) is 24.1. The Labute approximate surface area is 173 Å². The van der Waals surface area contributed by atoms with Gasteiger partial charge in [-0.3, -0.25) is 0 Å². The molecule has 0 aliphatic carbocycles. The number of hydrogen-bond acceptors (Lipinski definition) is 5. The monoisotopic (exact) mass is 413 g/mol. The van der Waals surface area contributed by atoms with Crippen molar-refractivity contribution < 1.29 is 19.4 Å². The maximum Gasteiger partial charge on any atom is 0.338 e.